The summed E-state index contributed by atoms with van der Waals surface area (Å²) in [6.07, 6.45) is -4.58. The Morgan fingerprint density at radius 3 is 2.53 bits per heavy atom. The SMILES string of the molecule is O=CCC(=O)Oc1ccc(C(F)(F)F)c(Br)c1. The summed E-state index contributed by atoms with van der Waals surface area (Å²) in [6, 6.07) is 2.81. The molecule has 1 aromatic rings. The summed E-state index contributed by atoms with van der Waals surface area (Å²) in [4.78, 5) is 20.9. The quantitative estimate of drug-likeness (QED) is 0.373. The van der Waals surface area contributed by atoms with Crippen LogP contribution in [-0.2, 0) is 15.8 Å². The first kappa shape index (κ1) is 13.7. The Morgan fingerprint density at radius 2 is 2.06 bits per heavy atom. The largest absolute Gasteiger partial charge is 0.426 e. The van der Waals surface area contributed by atoms with Crippen LogP contribution in [0.25, 0.3) is 0 Å². The zero-order chi connectivity index (χ0) is 13.1. The molecule has 3 nitrogen and oxygen atoms in total. The molecule has 0 saturated carbocycles. The third-order valence-electron chi connectivity index (χ3n) is 1.73. The molecule has 0 radical (unpaired) electrons. The van der Waals surface area contributed by atoms with E-state index in [9.17, 15) is 22.8 Å². The Kier molecular flexibility index (Phi) is 4.28. The predicted molar refractivity (Wildman–Crippen MR) is 55.5 cm³/mol. The Labute approximate surface area is 103 Å². The van der Waals surface area contributed by atoms with Crippen molar-refractivity contribution in [1.29, 1.82) is 0 Å². The minimum absolute atomic E-state index is 0.0586. The van der Waals surface area contributed by atoms with E-state index in [1.165, 1.54) is 0 Å². The molecule has 0 aliphatic heterocycles. The molecule has 0 amide bonds. The first-order chi connectivity index (χ1) is 7.84. The monoisotopic (exact) mass is 310 g/mol. The average Bonchev–Trinajstić information content (AvgIpc) is 2.15. The lowest BCUT2D eigenvalue weighted by molar-refractivity contribution is -0.138. The molecule has 0 aliphatic rings. The van der Waals surface area contributed by atoms with Crippen LogP contribution in [0.2, 0.25) is 0 Å². The number of ether oxygens (including phenoxy) is 1. The van der Waals surface area contributed by atoms with E-state index < -0.39 is 24.1 Å². The zero-order valence-corrected chi connectivity index (χ0v) is 9.84. The first-order valence-electron chi connectivity index (χ1n) is 4.35. The van der Waals surface area contributed by atoms with E-state index in [0.717, 1.165) is 18.2 Å². The normalized spacial score (nSPS) is 11.1. The van der Waals surface area contributed by atoms with E-state index in [4.69, 9.17) is 0 Å². The summed E-state index contributed by atoms with van der Waals surface area (Å²) in [7, 11) is 0. The number of carbonyl (C=O) groups excluding carboxylic acids is 2. The number of carbonyl (C=O) groups is 2. The second kappa shape index (κ2) is 5.31. The second-order valence-corrected chi connectivity index (χ2v) is 3.84. The minimum Gasteiger partial charge on any atom is -0.426 e. The number of esters is 1. The highest BCUT2D eigenvalue weighted by Gasteiger charge is 2.33. The van der Waals surface area contributed by atoms with Gasteiger partial charge in [0.15, 0.2) is 0 Å². The summed E-state index contributed by atoms with van der Waals surface area (Å²) >= 11 is 2.73. The molecule has 17 heavy (non-hydrogen) atoms. The average molecular weight is 311 g/mol. The molecule has 0 N–H and O–H groups in total. The molecule has 7 heteroatoms. The Bertz CT molecular complexity index is 443. The first-order valence-corrected chi connectivity index (χ1v) is 5.15. The smallest absolute Gasteiger partial charge is 0.417 e. The predicted octanol–water partition coefficient (Wildman–Crippen LogP) is 2.96. The fraction of sp³-hybridized carbons (Fsp3) is 0.200. The van der Waals surface area contributed by atoms with Crippen LogP contribution in [0, 0.1) is 0 Å². The third-order valence-corrected chi connectivity index (χ3v) is 2.38. The second-order valence-electron chi connectivity index (χ2n) is 2.98. The van der Waals surface area contributed by atoms with Crippen molar-refractivity contribution in [3.63, 3.8) is 0 Å². The van der Waals surface area contributed by atoms with Gasteiger partial charge in [-0.05, 0) is 18.2 Å². The van der Waals surface area contributed by atoms with Crippen molar-refractivity contribution in [3.05, 3.63) is 28.2 Å². The lowest BCUT2D eigenvalue weighted by Crippen LogP contribution is -2.09. The van der Waals surface area contributed by atoms with Gasteiger partial charge in [0.1, 0.15) is 18.5 Å². The van der Waals surface area contributed by atoms with Crippen LogP contribution in [0.4, 0.5) is 13.2 Å². The van der Waals surface area contributed by atoms with Gasteiger partial charge in [-0.25, -0.2) is 0 Å². The van der Waals surface area contributed by atoms with Gasteiger partial charge < -0.3 is 9.53 Å². The highest BCUT2D eigenvalue weighted by atomic mass is 79.9. The number of hydrogen-bond donors (Lipinski definition) is 0. The minimum atomic E-state index is -4.48. The molecule has 0 aromatic heterocycles. The molecule has 0 unspecified atom stereocenters. The standard InChI is InChI=1S/C10H6BrF3O3/c11-8-5-6(17-9(16)3-4-15)1-2-7(8)10(12,13)14/h1-2,4-5H,3H2. The van der Waals surface area contributed by atoms with E-state index in [1.807, 2.05) is 0 Å². The van der Waals surface area contributed by atoms with Crippen molar-refractivity contribution in [2.24, 2.45) is 0 Å². The molecule has 0 spiro atoms. The van der Waals surface area contributed by atoms with Crippen molar-refractivity contribution < 1.29 is 27.5 Å². The number of benzene rings is 1. The number of hydrogen-bond acceptors (Lipinski definition) is 3. The number of aldehydes is 1. The summed E-state index contributed by atoms with van der Waals surface area (Å²) in [5.74, 6) is -0.886. The molecule has 1 rings (SSSR count). The van der Waals surface area contributed by atoms with Gasteiger partial charge in [0.2, 0.25) is 0 Å². The molecule has 92 valence electrons. The Balaban J connectivity index is 2.90. The van der Waals surface area contributed by atoms with Crippen LogP contribution in [-0.4, -0.2) is 12.3 Å². The molecule has 0 aliphatic carbocycles. The van der Waals surface area contributed by atoms with Crippen LogP contribution in [0.3, 0.4) is 0 Å². The van der Waals surface area contributed by atoms with Crippen LogP contribution in [0.5, 0.6) is 5.75 Å². The molecule has 0 fully saturated rings. The van der Waals surface area contributed by atoms with Gasteiger partial charge in [0, 0.05) is 4.47 Å². The third kappa shape index (κ3) is 3.85. The molecular weight excluding hydrogens is 305 g/mol. The number of halogens is 4. The Morgan fingerprint density at radius 1 is 1.41 bits per heavy atom. The van der Waals surface area contributed by atoms with Crippen LogP contribution in [0.15, 0.2) is 22.7 Å². The maximum absolute atomic E-state index is 12.4. The summed E-state index contributed by atoms with van der Waals surface area (Å²) in [5, 5.41) is 0. The van der Waals surface area contributed by atoms with Crippen molar-refractivity contribution in [2.45, 2.75) is 12.6 Å². The lowest BCUT2D eigenvalue weighted by atomic mass is 10.2. The summed E-state index contributed by atoms with van der Waals surface area (Å²) in [5.41, 5.74) is -0.868. The number of rotatable bonds is 3. The molecule has 0 heterocycles. The van der Waals surface area contributed by atoms with Crippen LogP contribution < -0.4 is 4.74 Å². The fourth-order valence-corrected chi connectivity index (χ4v) is 1.61. The van der Waals surface area contributed by atoms with Gasteiger partial charge >= 0.3 is 12.1 Å². The van der Waals surface area contributed by atoms with E-state index in [2.05, 4.69) is 20.7 Å². The zero-order valence-electron chi connectivity index (χ0n) is 8.25. The van der Waals surface area contributed by atoms with Crippen molar-refractivity contribution >= 4 is 28.2 Å². The van der Waals surface area contributed by atoms with Crippen LogP contribution in [0.1, 0.15) is 12.0 Å². The van der Waals surface area contributed by atoms with E-state index in [0.29, 0.717) is 6.29 Å². The molecule has 0 saturated heterocycles. The van der Waals surface area contributed by atoms with Gasteiger partial charge in [0.25, 0.3) is 0 Å². The maximum Gasteiger partial charge on any atom is 0.417 e. The van der Waals surface area contributed by atoms with Gasteiger partial charge in [0.05, 0.1) is 5.56 Å². The highest BCUT2D eigenvalue weighted by Crippen LogP contribution is 2.36. The van der Waals surface area contributed by atoms with Gasteiger partial charge in [-0.3, -0.25) is 4.79 Å². The van der Waals surface area contributed by atoms with E-state index in [-0.39, 0.29) is 10.2 Å². The van der Waals surface area contributed by atoms with Crippen molar-refractivity contribution in [2.75, 3.05) is 0 Å². The number of alkyl halides is 3. The van der Waals surface area contributed by atoms with Gasteiger partial charge in [-0.1, -0.05) is 15.9 Å². The summed E-state index contributed by atoms with van der Waals surface area (Å²) in [6.45, 7) is 0. The highest BCUT2D eigenvalue weighted by molar-refractivity contribution is 9.10. The lowest BCUT2D eigenvalue weighted by Gasteiger charge is -2.10. The van der Waals surface area contributed by atoms with Crippen LogP contribution >= 0.6 is 15.9 Å². The van der Waals surface area contributed by atoms with Gasteiger partial charge in [-0.15, -0.1) is 0 Å². The summed E-state index contributed by atoms with van der Waals surface area (Å²) < 4.78 is 41.5. The topological polar surface area (TPSA) is 43.4 Å². The van der Waals surface area contributed by atoms with Gasteiger partial charge in [-0.2, -0.15) is 13.2 Å². The molecule has 1 aromatic carbocycles. The van der Waals surface area contributed by atoms with Crippen molar-refractivity contribution in [3.8, 4) is 5.75 Å². The molecule has 0 bridgehead atoms. The molecule has 0 atom stereocenters. The van der Waals surface area contributed by atoms with Crippen molar-refractivity contribution in [1.82, 2.24) is 0 Å². The maximum atomic E-state index is 12.4. The Hall–Kier alpha value is -1.37. The fourth-order valence-electron chi connectivity index (χ4n) is 1.03. The van der Waals surface area contributed by atoms with E-state index >= 15 is 0 Å². The molecular formula is C10H6BrF3O3. The van der Waals surface area contributed by atoms with E-state index in [1.54, 1.807) is 0 Å².